The first-order valence-corrected chi connectivity index (χ1v) is 6.09. The summed E-state index contributed by atoms with van der Waals surface area (Å²) in [5.41, 5.74) is 6.11. The average molecular weight is 286 g/mol. The molecule has 1 nitrogen and oxygen atoms in total. The topological polar surface area (TPSA) is 26.0 Å². The molecule has 0 aliphatic carbocycles. The van der Waals surface area contributed by atoms with E-state index in [0.717, 1.165) is 11.3 Å². The third kappa shape index (κ3) is 6.81. The standard InChI is InChI=1S/C11H14F3NS.ClH/c12-11(13,14)10(15)6-7-16-8-9-4-2-1-3-5-9;/h1-5,10H,6-8,15H2;1H. The molecule has 0 aromatic heterocycles. The van der Waals surface area contributed by atoms with Crippen LogP contribution in [0.1, 0.15) is 12.0 Å². The van der Waals surface area contributed by atoms with Crippen molar-refractivity contribution < 1.29 is 13.2 Å². The first-order chi connectivity index (χ1) is 7.50. The largest absolute Gasteiger partial charge is 0.403 e. The molecule has 0 radical (unpaired) electrons. The van der Waals surface area contributed by atoms with Gasteiger partial charge in [0.2, 0.25) is 0 Å². The summed E-state index contributed by atoms with van der Waals surface area (Å²) in [5.74, 6) is 1.15. The number of hydrogen-bond donors (Lipinski definition) is 1. The number of hydrogen-bond acceptors (Lipinski definition) is 2. The Balaban J connectivity index is 0.00000256. The van der Waals surface area contributed by atoms with E-state index < -0.39 is 12.2 Å². The van der Waals surface area contributed by atoms with Crippen LogP contribution >= 0.6 is 24.2 Å². The number of nitrogens with two attached hydrogens (primary N) is 1. The summed E-state index contributed by atoms with van der Waals surface area (Å²) in [6.07, 6.45) is -4.30. The summed E-state index contributed by atoms with van der Waals surface area (Å²) in [4.78, 5) is 0. The third-order valence-electron chi connectivity index (χ3n) is 2.11. The van der Waals surface area contributed by atoms with Gasteiger partial charge in [0.25, 0.3) is 0 Å². The molecule has 0 saturated carbocycles. The van der Waals surface area contributed by atoms with Crippen LogP contribution in [0, 0.1) is 0 Å². The quantitative estimate of drug-likeness (QED) is 0.836. The fraction of sp³-hybridized carbons (Fsp3) is 0.455. The van der Waals surface area contributed by atoms with Crippen LogP contribution in [0.2, 0.25) is 0 Å². The molecule has 0 fully saturated rings. The van der Waals surface area contributed by atoms with E-state index in [4.69, 9.17) is 5.73 Å². The highest BCUT2D eigenvalue weighted by molar-refractivity contribution is 7.98. The van der Waals surface area contributed by atoms with E-state index >= 15 is 0 Å². The highest BCUT2D eigenvalue weighted by Gasteiger charge is 2.35. The molecular formula is C11H15ClF3NS. The lowest BCUT2D eigenvalue weighted by molar-refractivity contribution is -0.147. The van der Waals surface area contributed by atoms with E-state index in [9.17, 15) is 13.2 Å². The van der Waals surface area contributed by atoms with Gasteiger partial charge in [-0.2, -0.15) is 24.9 Å². The van der Waals surface area contributed by atoms with Gasteiger partial charge in [-0.1, -0.05) is 30.3 Å². The van der Waals surface area contributed by atoms with Gasteiger partial charge in [0, 0.05) is 5.75 Å². The van der Waals surface area contributed by atoms with E-state index in [2.05, 4.69) is 0 Å². The Kier molecular flexibility index (Phi) is 7.66. The molecule has 1 aromatic carbocycles. The van der Waals surface area contributed by atoms with Crippen molar-refractivity contribution in [2.24, 2.45) is 5.73 Å². The van der Waals surface area contributed by atoms with Crippen LogP contribution in [0.4, 0.5) is 13.2 Å². The molecule has 2 N–H and O–H groups in total. The SMILES string of the molecule is Cl.NC(CCSCc1ccccc1)C(F)(F)F. The zero-order chi connectivity index (χ0) is 12.0. The molecule has 0 spiro atoms. The maximum Gasteiger partial charge on any atom is 0.403 e. The van der Waals surface area contributed by atoms with Crippen molar-refractivity contribution in [3.05, 3.63) is 35.9 Å². The summed E-state index contributed by atoms with van der Waals surface area (Å²) in [6.45, 7) is 0. The molecule has 0 saturated heterocycles. The Morgan fingerprint density at radius 1 is 1.18 bits per heavy atom. The lowest BCUT2D eigenvalue weighted by Gasteiger charge is -2.14. The lowest BCUT2D eigenvalue weighted by atomic mass is 10.2. The molecule has 1 aromatic rings. The van der Waals surface area contributed by atoms with Crippen molar-refractivity contribution in [1.82, 2.24) is 0 Å². The second kappa shape index (κ2) is 7.84. The van der Waals surface area contributed by atoms with Gasteiger partial charge in [-0.15, -0.1) is 12.4 Å². The first kappa shape index (κ1) is 16.6. The van der Waals surface area contributed by atoms with Gasteiger partial charge in [0.15, 0.2) is 0 Å². The molecule has 0 aliphatic heterocycles. The molecule has 0 aliphatic rings. The van der Waals surface area contributed by atoms with Gasteiger partial charge in [-0.05, 0) is 17.7 Å². The van der Waals surface area contributed by atoms with E-state index in [-0.39, 0.29) is 18.8 Å². The van der Waals surface area contributed by atoms with Crippen molar-refractivity contribution in [1.29, 1.82) is 0 Å². The maximum absolute atomic E-state index is 12.1. The number of rotatable bonds is 5. The minimum Gasteiger partial charge on any atom is -0.320 e. The molecule has 6 heteroatoms. The fourth-order valence-electron chi connectivity index (χ4n) is 1.14. The minimum absolute atomic E-state index is 0. The molecule has 0 amide bonds. The van der Waals surface area contributed by atoms with E-state index in [0.29, 0.717) is 5.75 Å². The normalized spacial score (nSPS) is 12.9. The van der Waals surface area contributed by atoms with Crippen LogP contribution in [0.25, 0.3) is 0 Å². The molecule has 1 rings (SSSR count). The molecular weight excluding hydrogens is 271 g/mol. The van der Waals surface area contributed by atoms with Crippen LogP contribution < -0.4 is 5.73 Å². The predicted molar refractivity (Wildman–Crippen MR) is 68.5 cm³/mol. The van der Waals surface area contributed by atoms with Crippen molar-refractivity contribution in [3.8, 4) is 0 Å². The second-order valence-corrected chi connectivity index (χ2v) is 4.58. The monoisotopic (exact) mass is 285 g/mol. The molecule has 0 bridgehead atoms. The van der Waals surface area contributed by atoms with E-state index in [1.807, 2.05) is 30.3 Å². The lowest BCUT2D eigenvalue weighted by Crippen LogP contribution is -2.37. The summed E-state index contributed by atoms with van der Waals surface area (Å²) >= 11 is 1.47. The smallest absolute Gasteiger partial charge is 0.320 e. The predicted octanol–water partition coefficient (Wildman–Crippen LogP) is 3.62. The Hall–Kier alpha value is -0.390. The van der Waals surface area contributed by atoms with E-state index in [1.165, 1.54) is 11.8 Å². The van der Waals surface area contributed by atoms with Crippen LogP contribution in [0.5, 0.6) is 0 Å². The van der Waals surface area contributed by atoms with Crippen molar-refractivity contribution >= 4 is 24.2 Å². The number of thioether (sulfide) groups is 1. The van der Waals surface area contributed by atoms with Crippen LogP contribution in [0.3, 0.4) is 0 Å². The van der Waals surface area contributed by atoms with Crippen LogP contribution in [-0.4, -0.2) is 18.0 Å². The van der Waals surface area contributed by atoms with Gasteiger partial charge in [-0.3, -0.25) is 0 Å². The summed E-state index contributed by atoms with van der Waals surface area (Å²) < 4.78 is 36.2. The zero-order valence-corrected chi connectivity index (χ0v) is 10.7. The maximum atomic E-state index is 12.1. The van der Waals surface area contributed by atoms with E-state index in [1.54, 1.807) is 0 Å². The summed E-state index contributed by atoms with van der Waals surface area (Å²) in [6, 6.07) is 7.95. The third-order valence-corrected chi connectivity index (χ3v) is 3.17. The Bertz CT molecular complexity index is 305. The Morgan fingerprint density at radius 3 is 2.29 bits per heavy atom. The fourth-order valence-corrected chi connectivity index (χ4v) is 2.13. The number of alkyl halides is 3. The Morgan fingerprint density at radius 2 is 1.76 bits per heavy atom. The van der Waals surface area contributed by atoms with Gasteiger partial charge in [0.1, 0.15) is 6.04 Å². The number of halogens is 4. The van der Waals surface area contributed by atoms with Gasteiger partial charge in [0.05, 0.1) is 0 Å². The molecule has 17 heavy (non-hydrogen) atoms. The van der Waals surface area contributed by atoms with Crippen molar-refractivity contribution in [2.45, 2.75) is 24.4 Å². The highest BCUT2D eigenvalue weighted by atomic mass is 35.5. The van der Waals surface area contributed by atoms with Gasteiger partial charge >= 0.3 is 6.18 Å². The zero-order valence-electron chi connectivity index (χ0n) is 9.11. The molecule has 98 valence electrons. The van der Waals surface area contributed by atoms with Crippen molar-refractivity contribution in [2.75, 3.05) is 5.75 Å². The molecule has 0 heterocycles. The average Bonchev–Trinajstić information content (AvgIpc) is 2.24. The van der Waals surface area contributed by atoms with Gasteiger partial charge < -0.3 is 5.73 Å². The van der Waals surface area contributed by atoms with Crippen LogP contribution in [0.15, 0.2) is 30.3 Å². The number of benzene rings is 1. The summed E-state index contributed by atoms with van der Waals surface area (Å²) in [5, 5.41) is 0. The molecule has 1 unspecified atom stereocenters. The first-order valence-electron chi connectivity index (χ1n) is 4.94. The Labute approximate surface area is 109 Å². The van der Waals surface area contributed by atoms with Crippen LogP contribution in [-0.2, 0) is 5.75 Å². The highest BCUT2D eigenvalue weighted by Crippen LogP contribution is 2.22. The van der Waals surface area contributed by atoms with Crippen molar-refractivity contribution in [3.63, 3.8) is 0 Å². The summed E-state index contributed by atoms with van der Waals surface area (Å²) in [7, 11) is 0. The molecule has 1 atom stereocenters. The second-order valence-electron chi connectivity index (χ2n) is 3.47. The van der Waals surface area contributed by atoms with Gasteiger partial charge in [-0.25, -0.2) is 0 Å². The minimum atomic E-state index is -4.27.